The lowest BCUT2D eigenvalue weighted by Gasteiger charge is -2.17. The standard InChI is InChI=1S/C13H21N3/c1-9-7-12(16(2)15-9)8-14-13(10-3-4-10)11-5-6-11/h7,10-11,13-14H,3-6,8H2,1-2H3. The van der Waals surface area contributed by atoms with Crippen LogP contribution in [0.5, 0.6) is 0 Å². The van der Waals surface area contributed by atoms with E-state index >= 15 is 0 Å². The molecule has 0 unspecified atom stereocenters. The molecule has 1 aromatic heterocycles. The molecular formula is C13H21N3. The summed E-state index contributed by atoms with van der Waals surface area (Å²) in [5.41, 5.74) is 2.43. The first kappa shape index (κ1) is 10.3. The highest BCUT2D eigenvalue weighted by atomic mass is 15.3. The van der Waals surface area contributed by atoms with Gasteiger partial charge in [-0.2, -0.15) is 5.10 Å². The minimum atomic E-state index is 0.787. The molecule has 0 aliphatic heterocycles. The molecule has 0 bridgehead atoms. The average molecular weight is 219 g/mol. The molecular weight excluding hydrogens is 198 g/mol. The summed E-state index contributed by atoms with van der Waals surface area (Å²) in [4.78, 5) is 0. The van der Waals surface area contributed by atoms with E-state index in [2.05, 4.69) is 23.4 Å². The van der Waals surface area contributed by atoms with Crippen molar-refractivity contribution >= 4 is 0 Å². The normalized spacial score (nSPS) is 20.7. The van der Waals surface area contributed by atoms with Gasteiger partial charge in [-0.3, -0.25) is 4.68 Å². The third-order valence-electron chi connectivity index (χ3n) is 3.88. The molecule has 0 atom stereocenters. The average Bonchev–Trinajstić information content (AvgIpc) is 3.11. The molecule has 1 aromatic rings. The molecule has 0 aromatic carbocycles. The maximum Gasteiger partial charge on any atom is 0.0597 e. The predicted octanol–water partition coefficient (Wildman–Crippen LogP) is 2.01. The summed E-state index contributed by atoms with van der Waals surface area (Å²) in [5.74, 6) is 1.95. The highest BCUT2D eigenvalue weighted by Gasteiger charge is 2.40. The molecule has 2 saturated carbocycles. The molecule has 2 fully saturated rings. The van der Waals surface area contributed by atoms with Gasteiger partial charge in [0.1, 0.15) is 0 Å². The second-order valence-corrected chi connectivity index (χ2v) is 5.48. The zero-order valence-electron chi connectivity index (χ0n) is 10.2. The Morgan fingerprint density at radius 3 is 2.44 bits per heavy atom. The van der Waals surface area contributed by atoms with Crippen LogP contribution in [0, 0.1) is 18.8 Å². The first-order valence-corrected chi connectivity index (χ1v) is 6.47. The number of rotatable bonds is 5. The second-order valence-electron chi connectivity index (χ2n) is 5.48. The van der Waals surface area contributed by atoms with Crippen molar-refractivity contribution in [3.05, 3.63) is 17.5 Å². The van der Waals surface area contributed by atoms with Crippen LogP contribution < -0.4 is 5.32 Å². The smallest absolute Gasteiger partial charge is 0.0597 e. The van der Waals surface area contributed by atoms with Gasteiger partial charge < -0.3 is 5.32 Å². The number of nitrogens with zero attached hydrogens (tertiary/aromatic N) is 2. The SMILES string of the molecule is Cc1cc(CNC(C2CC2)C2CC2)n(C)n1. The number of aryl methyl sites for hydroxylation is 2. The fourth-order valence-corrected chi connectivity index (χ4v) is 2.68. The molecule has 3 nitrogen and oxygen atoms in total. The van der Waals surface area contributed by atoms with E-state index in [0.717, 1.165) is 30.1 Å². The minimum absolute atomic E-state index is 0.787. The molecule has 16 heavy (non-hydrogen) atoms. The molecule has 2 aliphatic carbocycles. The van der Waals surface area contributed by atoms with Crippen molar-refractivity contribution in [2.45, 2.75) is 45.2 Å². The third-order valence-corrected chi connectivity index (χ3v) is 3.88. The summed E-state index contributed by atoms with van der Waals surface area (Å²) in [6, 6.07) is 2.97. The van der Waals surface area contributed by atoms with Gasteiger partial charge in [-0.05, 0) is 50.5 Å². The molecule has 0 amide bonds. The van der Waals surface area contributed by atoms with Crippen LogP contribution in [0.4, 0.5) is 0 Å². The number of aromatic nitrogens is 2. The lowest BCUT2D eigenvalue weighted by Crippen LogP contribution is -2.33. The zero-order valence-corrected chi connectivity index (χ0v) is 10.2. The number of nitrogens with one attached hydrogen (secondary N) is 1. The summed E-state index contributed by atoms with van der Waals surface area (Å²) in [5, 5.41) is 8.14. The fraction of sp³-hybridized carbons (Fsp3) is 0.769. The van der Waals surface area contributed by atoms with E-state index in [4.69, 9.17) is 0 Å². The Bertz CT molecular complexity index is 363. The van der Waals surface area contributed by atoms with Crippen LogP contribution in [0.15, 0.2) is 6.07 Å². The van der Waals surface area contributed by atoms with E-state index < -0.39 is 0 Å². The minimum Gasteiger partial charge on any atom is -0.308 e. The van der Waals surface area contributed by atoms with Crippen molar-refractivity contribution in [3.63, 3.8) is 0 Å². The Balaban J connectivity index is 1.60. The molecule has 2 aliphatic rings. The molecule has 3 heteroatoms. The van der Waals surface area contributed by atoms with Crippen LogP contribution in [0.2, 0.25) is 0 Å². The van der Waals surface area contributed by atoms with Gasteiger partial charge in [0.2, 0.25) is 0 Å². The largest absolute Gasteiger partial charge is 0.308 e. The summed E-state index contributed by atoms with van der Waals surface area (Å²) in [6.45, 7) is 3.04. The first-order chi connectivity index (χ1) is 7.74. The van der Waals surface area contributed by atoms with Crippen molar-refractivity contribution in [1.29, 1.82) is 0 Å². The van der Waals surface area contributed by atoms with Gasteiger partial charge in [0.25, 0.3) is 0 Å². The molecule has 0 radical (unpaired) electrons. The highest BCUT2D eigenvalue weighted by Crippen LogP contribution is 2.44. The molecule has 88 valence electrons. The van der Waals surface area contributed by atoms with Crippen LogP contribution in [0.3, 0.4) is 0 Å². The molecule has 0 saturated heterocycles. The third kappa shape index (κ3) is 2.14. The predicted molar refractivity (Wildman–Crippen MR) is 64.0 cm³/mol. The van der Waals surface area contributed by atoms with E-state index in [1.807, 2.05) is 11.7 Å². The van der Waals surface area contributed by atoms with Gasteiger partial charge in [0.15, 0.2) is 0 Å². The lowest BCUT2D eigenvalue weighted by molar-refractivity contribution is 0.409. The monoisotopic (exact) mass is 219 g/mol. The summed E-state index contributed by atoms with van der Waals surface area (Å²) in [6.07, 6.45) is 5.77. The van der Waals surface area contributed by atoms with E-state index in [1.165, 1.54) is 31.4 Å². The van der Waals surface area contributed by atoms with Crippen molar-refractivity contribution in [2.24, 2.45) is 18.9 Å². The summed E-state index contributed by atoms with van der Waals surface area (Å²) in [7, 11) is 2.03. The highest BCUT2D eigenvalue weighted by molar-refractivity contribution is 5.09. The molecule has 1 heterocycles. The zero-order chi connectivity index (χ0) is 11.1. The van der Waals surface area contributed by atoms with Crippen molar-refractivity contribution < 1.29 is 0 Å². The van der Waals surface area contributed by atoms with Crippen LogP contribution in [0.25, 0.3) is 0 Å². The van der Waals surface area contributed by atoms with Gasteiger partial charge in [-0.25, -0.2) is 0 Å². The van der Waals surface area contributed by atoms with Crippen molar-refractivity contribution in [3.8, 4) is 0 Å². The van der Waals surface area contributed by atoms with Gasteiger partial charge in [0, 0.05) is 19.6 Å². The maximum absolute atomic E-state index is 4.39. The van der Waals surface area contributed by atoms with E-state index in [0.29, 0.717) is 0 Å². The lowest BCUT2D eigenvalue weighted by atomic mass is 10.1. The van der Waals surface area contributed by atoms with Crippen LogP contribution in [0.1, 0.15) is 37.1 Å². The quantitative estimate of drug-likeness (QED) is 0.821. The van der Waals surface area contributed by atoms with Crippen molar-refractivity contribution in [1.82, 2.24) is 15.1 Å². The van der Waals surface area contributed by atoms with Gasteiger partial charge in [-0.1, -0.05) is 0 Å². The van der Waals surface area contributed by atoms with Crippen molar-refractivity contribution in [2.75, 3.05) is 0 Å². The molecule has 0 spiro atoms. The Morgan fingerprint density at radius 2 is 2.00 bits per heavy atom. The van der Waals surface area contributed by atoms with Gasteiger partial charge in [-0.15, -0.1) is 0 Å². The van der Waals surface area contributed by atoms with Crippen LogP contribution >= 0.6 is 0 Å². The van der Waals surface area contributed by atoms with Gasteiger partial charge in [0.05, 0.1) is 11.4 Å². The van der Waals surface area contributed by atoms with Crippen LogP contribution in [-0.2, 0) is 13.6 Å². The number of hydrogen-bond donors (Lipinski definition) is 1. The Labute approximate surface area is 97.2 Å². The molecule has 1 N–H and O–H groups in total. The van der Waals surface area contributed by atoms with E-state index in [1.54, 1.807) is 0 Å². The fourth-order valence-electron chi connectivity index (χ4n) is 2.68. The second kappa shape index (κ2) is 3.88. The maximum atomic E-state index is 4.39. The van der Waals surface area contributed by atoms with Crippen LogP contribution in [-0.4, -0.2) is 15.8 Å². The first-order valence-electron chi connectivity index (χ1n) is 6.47. The van der Waals surface area contributed by atoms with E-state index in [-0.39, 0.29) is 0 Å². The Kier molecular flexibility index (Phi) is 2.51. The number of hydrogen-bond acceptors (Lipinski definition) is 2. The molecule has 3 rings (SSSR count). The summed E-state index contributed by atoms with van der Waals surface area (Å²) >= 11 is 0. The Hall–Kier alpha value is -0.830. The topological polar surface area (TPSA) is 29.9 Å². The van der Waals surface area contributed by atoms with Gasteiger partial charge >= 0.3 is 0 Å². The van der Waals surface area contributed by atoms with E-state index in [9.17, 15) is 0 Å². The summed E-state index contributed by atoms with van der Waals surface area (Å²) < 4.78 is 2.00. The Morgan fingerprint density at radius 1 is 1.38 bits per heavy atom.